The van der Waals surface area contributed by atoms with Crippen molar-refractivity contribution >= 4 is 28.7 Å². The number of hydrogen-bond donors (Lipinski definition) is 2. The molecule has 0 aromatic heterocycles. The minimum atomic E-state index is -1.20. The highest BCUT2D eigenvalue weighted by atomic mass is 16.5. The fourth-order valence-corrected chi connectivity index (χ4v) is 5.37. The molecule has 0 amide bonds. The molecule has 0 saturated heterocycles. The maximum absolute atomic E-state index is 12.7. The van der Waals surface area contributed by atoms with Crippen molar-refractivity contribution in [1.82, 2.24) is 0 Å². The summed E-state index contributed by atoms with van der Waals surface area (Å²) in [6.45, 7) is 0.0833. The van der Waals surface area contributed by atoms with Crippen molar-refractivity contribution in [3.05, 3.63) is 77.9 Å². The van der Waals surface area contributed by atoms with E-state index in [1.54, 1.807) is 18.4 Å². The number of carboxylic acid groups (broad SMARTS) is 1. The average Bonchev–Trinajstić information content (AvgIpc) is 3.63. The van der Waals surface area contributed by atoms with Crippen LogP contribution in [0.3, 0.4) is 0 Å². The molecular weight excluding hydrogens is 466 g/mol. The number of aryl methyl sites for hydroxylation is 1. The number of Topliss-reactive ketones (excluding diaryl/α,β-unsaturated/α-hetero) is 1. The molecule has 1 aliphatic heterocycles. The molecule has 1 fully saturated rings. The molecule has 0 spiro atoms. The Morgan fingerprint density at radius 2 is 1.81 bits per heavy atom. The summed E-state index contributed by atoms with van der Waals surface area (Å²) in [6.07, 6.45) is 10.4. The predicted octanol–water partition coefficient (Wildman–Crippen LogP) is 5.49. The summed E-state index contributed by atoms with van der Waals surface area (Å²) in [6, 6.07) is 17.9. The van der Waals surface area contributed by atoms with Gasteiger partial charge in [-0.1, -0.05) is 43.2 Å². The second kappa shape index (κ2) is 10.7. The fourth-order valence-electron chi connectivity index (χ4n) is 5.37. The molecule has 0 bridgehead atoms. The second-order valence-electron chi connectivity index (χ2n) is 9.95. The van der Waals surface area contributed by atoms with Crippen molar-refractivity contribution in [2.24, 2.45) is 10.9 Å². The largest absolute Gasteiger partial charge is 0.493 e. The zero-order valence-electron chi connectivity index (χ0n) is 20.7. The van der Waals surface area contributed by atoms with Crippen molar-refractivity contribution in [3.63, 3.8) is 0 Å². The normalized spacial score (nSPS) is 19.1. The number of benzene rings is 3. The lowest BCUT2D eigenvalue weighted by atomic mass is 9.85. The van der Waals surface area contributed by atoms with E-state index in [0.29, 0.717) is 24.5 Å². The van der Waals surface area contributed by atoms with Crippen molar-refractivity contribution in [2.75, 3.05) is 13.2 Å². The van der Waals surface area contributed by atoms with E-state index in [-0.39, 0.29) is 12.2 Å². The number of fused-ring (bicyclic) bond motifs is 1. The lowest BCUT2D eigenvalue weighted by molar-refractivity contribution is -0.137. The van der Waals surface area contributed by atoms with Crippen LogP contribution in [-0.2, 0) is 21.5 Å². The molecule has 37 heavy (non-hydrogen) atoms. The lowest BCUT2D eigenvalue weighted by Crippen LogP contribution is -2.33. The first kappa shape index (κ1) is 24.9. The van der Waals surface area contributed by atoms with E-state index >= 15 is 0 Å². The highest BCUT2D eigenvalue weighted by Crippen LogP contribution is 2.37. The number of aliphatic carboxylic acids is 1. The predicted molar refractivity (Wildman–Crippen MR) is 144 cm³/mol. The van der Waals surface area contributed by atoms with Gasteiger partial charge in [0, 0.05) is 18.2 Å². The first-order valence-corrected chi connectivity index (χ1v) is 12.9. The van der Waals surface area contributed by atoms with E-state index < -0.39 is 18.1 Å². The average molecular weight is 498 g/mol. The summed E-state index contributed by atoms with van der Waals surface area (Å²) in [7, 11) is 0. The topological polar surface area (TPSA) is 96.2 Å². The molecule has 6 heteroatoms. The Morgan fingerprint density at radius 3 is 2.54 bits per heavy atom. The van der Waals surface area contributed by atoms with Crippen LogP contribution < -0.4 is 4.74 Å². The van der Waals surface area contributed by atoms with Gasteiger partial charge in [-0.2, -0.15) is 0 Å². The van der Waals surface area contributed by atoms with Crippen LogP contribution in [0.25, 0.3) is 21.9 Å². The molecule has 1 atom stereocenters. The van der Waals surface area contributed by atoms with Crippen molar-refractivity contribution in [2.45, 2.75) is 44.1 Å². The number of aliphatic imine (C=N–C) groups is 1. The Kier molecular flexibility index (Phi) is 7.19. The third kappa shape index (κ3) is 5.20. The molecular formula is C31H31NO5. The minimum Gasteiger partial charge on any atom is -0.493 e. The Hall–Kier alpha value is -3.77. The van der Waals surface area contributed by atoms with E-state index in [1.807, 2.05) is 48.5 Å². The number of nitrogens with zero attached hydrogens (tertiary/aromatic N) is 1. The SMILES string of the molecule is O=C(O)CCc1ccc(OCC2CCCC2)c(-c2ccc3ccc(C4(C(=O)CO)C=CC=N4)cc3c2)c1. The standard InChI is InChI=1S/C31H31NO5/c33-19-29(34)31(14-3-15-32-31)26-11-10-23-8-9-24(17-25(23)18-26)27-16-21(7-13-30(35)36)6-12-28(27)37-20-22-4-1-2-5-22/h3,6,8-12,14-18,22,33H,1-2,4-5,7,13,19-20H2,(H,35,36). The molecule has 1 unspecified atom stereocenters. The van der Waals surface area contributed by atoms with Gasteiger partial charge in [0.1, 0.15) is 12.4 Å². The maximum Gasteiger partial charge on any atom is 0.303 e. The lowest BCUT2D eigenvalue weighted by Gasteiger charge is -2.23. The van der Waals surface area contributed by atoms with Gasteiger partial charge >= 0.3 is 5.97 Å². The van der Waals surface area contributed by atoms with E-state index in [9.17, 15) is 14.7 Å². The van der Waals surface area contributed by atoms with Gasteiger partial charge in [0.25, 0.3) is 0 Å². The van der Waals surface area contributed by atoms with E-state index in [1.165, 1.54) is 25.7 Å². The van der Waals surface area contributed by atoms with Crippen LogP contribution in [0.15, 0.2) is 71.7 Å². The summed E-state index contributed by atoms with van der Waals surface area (Å²) in [4.78, 5) is 28.2. The number of allylic oxidation sites excluding steroid dienone is 1. The fraction of sp³-hybridized carbons (Fsp3) is 0.323. The number of aliphatic hydroxyl groups excluding tert-OH is 1. The number of aliphatic hydroxyl groups is 1. The van der Waals surface area contributed by atoms with E-state index in [0.717, 1.165) is 33.2 Å². The molecule has 2 aliphatic rings. The molecule has 3 aromatic rings. The molecule has 1 aliphatic carbocycles. The highest BCUT2D eigenvalue weighted by molar-refractivity contribution is 5.99. The summed E-state index contributed by atoms with van der Waals surface area (Å²) >= 11 is 0. The van der Waals surface area contributed by atoms with Crippen molar-refractivity contribution in [1.29, 1.82) is 0 Å². The summed E-state index contributed by atoms with van der Waals surface area (Å²) in [5, 5.41) is 20.7. The van der Waals surface area contributed by atoms with Gasteiger partial charge in [0.05, 0.1) is 6.61 Å². The minimum absolute atomic E-state index is 0.0673. The van der Waals surface area contributed by atoms with Gasteiger partial charge in [0.2, 0.25) is 0 Å². The highest BCUT2D eigenvalue weighted by Gasteiger charge is 2.37. The maximum atomic E-state index is 12.7. The van der Waals surface area contributed by atoms with Gasteiger partial charge in [-0.15, -0.1) is 0 Å². The molecule has 2 N–H and O–H groups in total. The van der Waals surface area contributed by atoms with E-state index in [4.69, 9.17) is 9.84 Å². The quantitative estimate of drug-likeness (QED) is 0.386. The first-order valence-electron chi connectivity index (χ1n) is 12.9. The van der Waals surface area contributed by atoms with Crippen molar-refractivity contribution < 1.29 is 24.5 Å². The number of hydrogen-bond acceptors (Lipinski definition) is 5. The van der Waals surface area contributed by atoms with Crippen molar-refractivity contribution in [3.8, 4) is 16.9 Å². The van der Waals surface area contributed by atoms with Gasteiger partial charge < -0.3 is 14.9 Å². The first-order chi connectivity index (χ1) is 18.0. The monoisotopic (exact) mass is 497 g/mol. The molecule has 3 aromatic carbocycles. The molecule has 0 radical (unpaired) electrons. The van der Waals surface area contributed by atoms with Crippen LogP contribution in [-0.4, -0.2) is 41.4 Å². The third-order valence-electron chi connectivity index (χ3n) is 7.48. The van der Waals surface area contributed by atoms with Crippen LogP contribution in [0.2, 0.25) is 0 Å². The molecule has 6 nitrogen and oxygen atoms in total. The van der Waals surface area contributed by atoms with Crippen LogP contribution >= 0.6 is 0 Å². The van der Waals surface area contributed by atoms with Gasteiger partial charge in [-0.25, -0.2) is 0 Å². The third-order valence-corrected chi connectivity index (χ3v) is 7.48. The second-order valence-corrected chi connectivity index (χ2v) is 9.95. The Bertz CT molecular complexity index is 1370. The summed E-state index contributed by atoms with van der Waals surface area (Å²) < 4.78 is 6.32. The Labute approximate surface area is 216 Å². The van der Waals surface area contributed by atoms with E-state index in [2.05, 4.69) is 11.1 Å². The number of ether oxygens (including phenoxy) is 1. The van der Waals surface area contributed by atoms with Crippen LogP contribution in [0, 0.1) is 5.92 Å². The number of carboxylic acids is 1. The number of rotatable bonds is 10. The van der Waals surface area contributed by atoms with Crippen LogP contribution in [0.5, 0.6) is 5.75 Å². The molecule has 1 heterocycles. The Morgan fingerprint density at radius 1 is 1.00 bits per heavy atom. The van der Waals surface area contributed by atoms with Crippen LogP contribution in [0.1, 0.15) is 43.2 Å². The smallest absolute Gasteiger partial charge is 0.303 e. The zero-order valence-corrected chi connectivity index (χ0v) is 20.7. The number of ketones is 1. The summed E-state index contributed by atoms with van der Waals surface area (Å²) in [5.74, 6) is 0.161. The van der Waals surface area contributed by atoms with Gasteiger partial charge in [0.15, 0.2) is 11.3 Å². The summed E-state index contributed by atoms with van der Waals surface area (Å²) in [5.41, 5.74) is 2.32. The molecule has 5 rings (SSSR count). The van der Waals surface area contributed by atoms with Crippen LogP contribution in [0.4, 0.5) is 0 Å². The molecule has 190 valence electrons. The zero-order chi connectivity index (χ0) is 25.8. The number of carbonyl (C=O) groups is 2. The van der Waals surface area contributed by atoms with Gasteiger partial charge in [-0.05, 0) is 89.1 Å². The van der Waals surface area contributed by atoms with Gasteiger partial charge in [-0.3, -0.25) is 14.6 Å². The molecule has 1 saturated carbocycles. The number of carbonyl (C=O) groups excluding carboxylic acids is 1. The Balaban J connectivity index is 1.53.